The highest BCUT2D eigenvalue weighted by Crippen LogP contribution is 2.27. The third-order valence-electron chi connectivity index (χ3n) is 5.05. The van der Waals surface area contributed by atoms with Crippen LogP contribution >= 0.6 is 0 Å². The van der Waals surface area contributed by atoms with E-state index < -0.39 is 0 Å². The Hall–Kier alpha value is -2.29. The quantitative estimate of drug-likeness (QED) is 0.414. The van der Waals surface area contributed by atoms with Gasteiger partial charge in [-0.25, -0.2) is 0 Å². The summed E-state index contributed by atoms with van der Waals surface area (Å²) < 4.78 is 0. The molecular formula is C23H29BN2. The van der Waals surface area contributed by atoms with E-state index in [1.807, 2.05) is 6.20 Å². The molecule has 0 unspecified atom stereocenters. The van der Waals surface area contributed by atoms with Gasteiger partial charge >= 0.3 is 0 Å². The van der Waals surface area contributed by atoms with Gasteiger partial charge in [-0.15, -0.1) is 0 Å². The molecule has 1 aromatic heterocycles. The Morgan fingerprint density at radius 2 is 1.54 bits per heavy atom. The fraction of sp³-hybridized carbons (Fsp3) is 0.348. The molecule has 3 heteroatoms. The number of imidazole rings is 1. The molecule has 0 spiro atoms. The van der Waals surface area contributed by atoms with Crippen molar-refractivity contribution in [3.63, 3.8) is 0 Å². The number of aromatic nitrogens is 2. The second kappa shape index (κ2) is 10.0. The largest absolute Gasteiger partial charge is 0.354 e. The minimum Gasteiger partial charge on any atom is -0.354 e. The minimum absolute atomic E-state index is 0.413. The Bertz CT molecular complexity index is 713. The summed E-state index contributed by atoms with van der Waals surface area (Å²) in [5.74, 6) is 0.413. The van der Waals surface area contributed by atoms with Crippen molar-refractivity contribution in [2.75, 3.05) is 0 Å². The van der Waals surface area contributed by atoms with Gasteiger partial charge < -0.3 is 4.98 Å². The Kier molecular flexibility index (Phi) is 7.12. The van der Waals surface area contributed by atoms with Crippen LogP contribution in [0.1, 0.15) is 55.3 Å². The molecule has 0 aliphatic heterocycles. The molecule has 0 aliphatic rings. The summed E-state index contributed by atoms with van der Waals surface area (Å²) >= 11 is 0. The molecule has 3 aromatic rings. The van der Waals surface area contributed by atoms with Crippen molar-refractivity contribution in [1.29, 1.82) is 0 Å². The zero-order valence-corrected chi connectivity index (χ0v) is 15.8. The molecule has 0 atom stereocenters. The predicted octanol–water partition coefficient (Wildman–Crippen LogP) is 4.84. The first-order chi connectivity index (χ1) is 12.9. The first-order valence-electron chi connectivity index (χ1n) is 9.99. The Labute approximate surface area is 158 Å². The van der Waals surface area contributed by atoms with E-state index in [0.717, 1.165) is 25.7 Å². The number of benzene rings is 2. The maximum absolute atomic E-state index is 4.62. The Morgan fingerprint density at radius 1 is 0.885 bits per heavy atom. The van der Waals surface area contributed by atoms with E-state index in [4.69, 9.17) is 0 Å². The van der Waals surface area contributed by atoms with Crippen LogP contribution in [0.3, 0.4) is 0 Å². The molecule has 134 valence electrons. The van der Waals surface area contributed by atoms with E-state index in [1.54, 1.807) is 0 Å². The van der Waals surface area contributed by atoms with Crippen molar-refractivity contribution in [1.82, 2.24) is 9.97 Å². The van der Waals surface area contributed by atoms with Crippen molar-refractivity contribution in [3.05, 3.63) is 83.7 Å². The van der Waals surface area contributed by atoms with Crippen LogP contribution in [0.2, 0.25) is 6.32 Å². The SMILES string of the molecule is CCCCCCc1cnc(BCC(c2ccccc2)c2ccccc2)[nH]1. The highest BCUT2D eigenvalue weighted by Gasteiger charge is 2.15. The maximum Gasteiger partial charge on any atom is 0.205 e. The average Bonchev–Trinajstić information content (AvgIpc) is 3.15. The van der Waals surface area contributed by atoms with Crippen LogP contribution in [-0.2, 0) is 6.42 Å². The van der Waals surface area contributed by atoms with Gasteiger partial charge in [-0.1, -0.05) is 93.2 Å². The minimum atomic E-state index is 0.413. The summed E-state index contributed by atoms with van der Waals surface area (Å²) in [6.07, 6.45) is 9.40. The number of aryl methyl sites for hydroxylation is 1. The van der Waals surface area contributed by atoms with Gasteiger partial charge in [0.25, 0.3) is 0 Å². The van der Waals surface area contributed by atoms with Crippen LogP contribution in [-0.4, -0.2) is 17.2 Å². The molecule has 0 saturated heterocycles. The number of unbranched alkanes of at least 4 members (excludes halogenated alkanes) is 3. The van der Waals surface area contributed by atoms with Gasteiger partial charge in [0.15, 0.2) is 0 Å². The van der Waals surface area contributed by atoms with E-state index in [0.29, 0.717) is 5.92 Å². The number of nitrogens with one attached hydrogen (secondary N) is 1. The van der Waals surface area contributed by atoms with Crippen LogP contribution in [0.25, 0.3) is 0 Å². The molecule has 0 fully saturated rings. The van der Waals surface area contributed by atoms with Crippen LogP contribution in [0.15, 0.2) is 66.9 Å². The lowest BCUT2D eigenvalue weighted by atomic mass is 9.66. The molecule has 0 amide bonds. The number of hydrogen-bond donors (Lipinski definition) is 1. The molecular weight excluding hydrogens is 315 g/mol. The van der Waals surface area contributed by atoms with Crippen LogP contribution in [0.4, 0.5) is 0 Å². The monoisotopic (exact) mass is 344 g/mol. The third kappa shape index (κ3) is 5.35. The van der Waals surface area contributed by atoms with E-state index in [9.17, 15) is 0 Å². The summed E-state index contributed by atoms with van der Waals surface area (Å²) in [5.41, 5.74) is 5.16. The van der Waals surface area contributed by atoms with Gasteiger partial charge in [0.2, 0.25) is 7.28 Å². The average molecular weight is 344 g/mol. The number of H-pyrrole nitrogens is 1. The van der Waals surface area contributed by atoms with E-state index >= 15 is 0 Å². The molecule has 0 aliphatic carbocycles. The van der Waals surface area contributed by atoms with Crippen molar-refractivity contribution in [2.45, 2.75) is 51.3 Å². The van der Waals surface area contributed by atoms with Gasteiger partial charge in [-0.2, -0.15) is 0 Å². The molecule has 0 bridgehead atoms. The molecule has 2 aromatic carbocycles. The molecule has 0 saturated carbocycles. The van der Waals surface area contributed by atoms with Crippen LogP contribution in [0, 0.1) is 0 Å². The van der Waals surface area contributed by atoms with Crippen molar-refractivity contribution >= 4 is 13.0 Å². The number of aromatic amines is 1. The molecule has 1 heterocycles. The van der Waals surface area contributed by atoms with Crippen molar-refractivity contribution < 1.29 is 0 Å². The first kappa shape index (κ1) is 18.5. The van der Waals surface area contributed by atoms with Crippen LogP contribution < -0.4 is 5.72 Å². The number of rotatable bonds is 10. The predicted molar refractivity (Wildman–Crippen MR) is 113 cm³/mol. The zero-order chi connectivity index (χ0) is 18.0. The second-order valence-electron chi connectivity index (χ2n) is 7.08. The Morgan fingerprint density at radius 3 is 2.15 bits per heavy atom. The van der Waals surface area contributed by atoms with Crippen LogP contribution in [0.5, 0.6) is 0 Å². The molecule has 1 N–H and O–H groups in total. The summed E-state index contributed by atoms with van der Waals surface area (Å²) in [6.45, 7) is 2.25. The van der Waals surface area contributed by atoms with Gasteiger partial charge in [0.1, 0.15) is 0 Å². The molecule has 3 rings (SSSR count). The molecule has 26 heavy (non-hydrogen) atoms. The smallest absolute Gasteiger partial charge is 0.205 e. The lowest BCUT2D eigenvalue weighted by Crippen LogP contribution is -2.21. The fourth-order valence-electron chi connectivity index (χ4n) is 3.58. The maximum atomic E-state index is 4.62. The molecule has 0 radical (unpaired) electrons. The Balaban J connectivity index is 1.63. The zero-order valence-electron chi connectivity index (χ0n) is 15.8. The lowest BCUT2D eigenvalue weighted by Gasteiger charge is -2.17. The van der Waals surface area contributed by atoms with Gasteiger partial charge in [0.05, 0.1) is 5.72 Å². The fourth-order valence-corrected chi connectivity index (χ4v) is 3.58. The van der Waals surface area contributed by atoms with E-state index in [2.05, 4.69) is 77.6 Å². The lowest BCUT2D eigenvalue weighted by molar-refractivity contribution is 0.662. The summed E-state index contributed by atoms with van der Waals surface area (Å²) in [6, 6.07) is 21.6. The number of nitrogens with zero attached hydrogens (tertiary/aromatic N) is 1. The highest BCUT2D eigenvalue weighted by molar-refractivity contribution is 6.51. The second-order valence-corrected chi connectivity index (χ2v) is 7.08. The highest BCUT2D eigenvalue weighted by atomic mass is 14.9. The van der Waals surface area contributed by atoms with E-state index in [1.165, 1.54) is 42.5 Å². The third-order valence-corrected chi connectivity index (χ3v) is 5.05. The summed E-state index contributed by atoms with van der Waals surface area (Å²) in [7, 11) is 0.976. The van der Waals surface area contributed by atoms with Gasteiger partial charge in [0, 0.05) is 17.8 Å². The topological polar surface area (TPSA) is 28.7 Å². The normalized spacial score (nSPS) is 11.0. The summed E-state index contributed by atoms with van der Waals surface area (Å²) in [4.78, 5) is 8.16. The van der Waals surface area contributed by atoms with Crippen molar-refractivity contribution in [3.8, 4) is 0 Å². The molecule has 2 nitrogen and oxygen atoms in total. The first-order valence-corrected chi connectivity index (χ1v) is 9.99. The number of hydrogen-bond acceptors (Lipinski definition) is 1. The summed E-state index contributed by atoms with van der Waals surface area (Å²) in [5, 5.41) is 0. The van der Waals surface area contributed by atoms with Gasteiger partial charge in [-0.3, -0.25) is 4.98 Å². The van der Waals surface area contributed by atoms with Crippen molar-refractivity contribution in [2.24, 2.45) is 0 Å². The van der Waals surface area contributed by atoms with Gasteiger partial charge in [-0.05, 0) is 24.0 Å². The standard InChI is InChI=1S/C23H29BN2/c1-2-3-4-11-16-21-18-25-23(26-21)24-17-22(19-12-7-5-8-13-19)20-14-9-6-10-15-20/h5-10,12-15,18,22,24H,2-4,11,16-17H2,1H3,(H,25,26). The van der Waals surface area contributed by atoms with E-state index in [-0.39, 0.29) is 0 Å².